The van der Waals surface area contributed by atoms with E-state index in [0.717, 1.165) is 19.4 Å². The van der Waals surface area contributed by atoms with Gasteiger partial charge in [0.25, 0.3) is 0 Å². The molecule has 2 heterocycles. The van der Waals surface area contributed by atoms with E-state index in [9.17, 15) is 9.59 Å². The molecular formula is C13H19N3O3S. The van der Waals surface area contributed by atoms with Crippen LogP contribution in [0.5, 0.6) is 0 Å². The lowest BCUT2D eigenvalue weighted by atomic mass is 10.2. The first-order chi connectivity index (χ1) is 9.49. The van der Waals surface area contributed by atoms with Crippen molar-refractivity contribution in [2.24, 2.45) is 0 Å². The van der Waals surface area contributed by atoms with Crippen LogP contribution in [-0.2, 0) is 0 Å². The summed E-state index contributed by atoms with van der Waals surface area (Å²) in [5, 5.41) is 13.7. The van der Waals surface area contributed by atoms with E-state index in [2.05, 4.69) is 17.3 Å². The first-order valence-electron chi connectivity index (χ1n) is 6.52. The molecule has 1 unspecified atom stereocenters. The first kappa shape index (κ1) is 14.8. The highest BCUT2D eigenvalue weighted by Crippen LogP contribution is 2.23. The van der Waals surface area contributed by atoms with E-state index in [4.69, 9.17) is 5.11 Å². The molecule has 0 aromatic carbocycles. The van der Waals surface area contributed by atoms with Gasteiger partial charge in [0.1, 0.15) is 5.00 Å². The Bertz CT molecular complexity index is 503. The molecule has 20 heavy (non-hydrogen) atoms. The Balaban J connectivity index is 1.93. The van der Waals surface area contributed by atoms with Crippen molar-refractivity contribution in [2.75, 3.05) is 32.5 Å². The third kappa shape index (κ3) is 3.29. The molecule has 1 aromatic rings. The van der Waals surface area contributed by atoms with Gasteiger partial charge in [0.05, 0.1) is 5.56 Å². The van der Waals surface area contributed by atoms with E-state index in [1.54, 1.807) is 17.3 Å². The number of amides is 2. The van der Waals surface area contributed by atoms with Gasteiger partial charge in [-0.1, -0.05) is 0 Å². The van der Waals surface area contributed by atoms with Gasteiger partial charge in [0.2, 0.25) is 0 Å². The lowest BCUT2D eigenvalue weighted by Crippen LogP contribution is -2.41. The third-order valence-corrected chi connectivity index (χ3v) is 4.45. The Hall–Kier alpha value is -1.60. The number of carbonyl (C=O) groups excluding carboxylic acids is 1. The van der Waals surface area contributed by atoms with E-state index >= 15 is 0 Å². The summed E-state index contributed by atoms with van der Waals surface area (Å²) in [6, 6.07) is 1.61. The molecule has 2 N–H and O–H groups in total. The van der Waals surface area contributed by atoms with Gasteiger partial charge < -0.3 is 14.9 Å². The Labute approximate surface area is 122 Å². The second-order valence-corrected chi connectivity index (χ2v) is 5.97. The number of urea groups is 1. The molecule has 0 spiro atoms. The van der Waals surface area contributed by atoms with E-state index < -0.39 is 5.97 Å². The highest BCUT2D eigenvalue weighted by atomic mass is 32.1. The molecule has 1 aromatic heterocycles. The SMILES string of the molecule is CN(CC1CCCN1C)C(=O)Nc1sccc1C(=O)O. The van der Waals surface area contributed by atoms with Gasteiger partial charge in [-0.15, -0.1) is 11.3 Å². The maximum absolute atomic E-state index is 12.1. The molecule has 1 atom stereocenters. The van der Waals surface area contributed by atoms with Crippen LogP contribution < -0.4 is 5.32 Å². The van der Waals surface area contributed by atoms with E-state index in [-0.39, 0.29) is 11.6 Å². The molecule has 7 heteroatoms. The molecular weight excluding hydrogens is 278 g/mol. The number of aromatic carboxylic acids is 1. The zero-order valence-corrected chi connectivity index (χ0v) is 12.4. The van der Waals surface area contributed by atoms with Gasteiger partial charge in [-0.3, -0.25) is 5.32 Å². The quantitative estimate of drug-likeness (QED) is 0.891. The molecule has 0 saturated carbocycles. The van der Waals surface area contributed by atoms with Crippen LogP contribution in [0.25, 0.3) is 0 Å². The number of rotatable bonds is 4. The fraction of sp³-hybridized carbons (Fsp3) is 0.538. The van der Waals surface area contributed by atoms with Crippen LogP contribution in [-0.4, -0.2) is 60.1 Å². The summed E-state index contributed by atoms with van der Waals surface area (Å²) in [7, 11) is 3.79. The number of likely N-dealkylation sites (tertiary alicyclic amines) is 1. The summed E-state index contributed by atoms with van der Waals surface area (Å²) in [5.41, 5.74) is 0.134. The standard InChI is InChI=1S/C13H19N3O3S/c1-15-6-3-4-9(15)8-16(2)13(19)14-11-10(12(17)18)5-7-20-11/h5,7,9H,3-4,6,8H2,1-2H3,(H,14,19)(H,17,18). The minimum atomic E-state index is -1.03. The van der Waals surface area contributed by atoms with Crippen molar-refractivity contribution >= 4 is 28.3 Å². The first-order valence-corrected chi connectivity index (χ1v) is 7.40. The van der Waals surface area contributed by atoms with E-state index in [0.29, 0.717) is 17.6 Å². The molecule has 2 amide bonds. The molecule has 110 valence electrons. The third-order valence-electron chi connectivity index (χ3n) is 3.62. The van der Waals surface area contributed by atoms with E-state index in [1.807, 2.05) is 0 Å². The highest BCUT2D eigenvalue weighted by molar-refractivity contribution is 7.14. The second kappa shape index (κ2) is 6.23. The molecule has 0 bridgehead atoms. The summed E-state index contributed by atoms with van der Waals surface area (Å²) in [6.45, 7) is 1.71. The van der Waals surface area contributed by atoms with Crippen molar-refractivity contribution < 1.29 is 14.7 Å². The fourth-order valence-electron chi connectivity index (χ4n) is 2.38. The van der Waals surface area contributed by atoms with Crippen molar-refractivity contribution in [2.45, 2.75) is 18.9 Å². The predicted octanol–water partition coefficient (Wildman–Crippen LogP) is 2.00. The molecule has 1 aliphatic rings. The lowest BCUT2D eigenvalue weighted by molar-refractivity contribution is 0.0698. The van der Waals surface area contributed by atoms with Crippen LogP contribution in [0.15, 0.2) is 11.4 Å². The van der Waals surface area contributed by atoms with Crippen molar-refractivity contribution in [1.29, 1.82) is 0 Å². The van der Waals surface area contributed by atoms with Gasteiger partial charge >= 0.3 is 12.0 Å². The molecule has 2 rings (SSSR count). The van der Waals surface area contributed by atoms with Crippen LogP contribution in [0.1, 0.15) is 23.2 Å². The van der Waals surface area contributed by atoms with Crippen LogP contribution in [0.3, 0.4) is 0 Å². The van der Waals surface area contributed by atoms with Crippen molar-refractivity contribution in [3.8, 4) is 0 Å². The Morgan fingerprint density at radius 3 is 2.95 bits per heavy atom. The highest BCUT2D eigenvalue weighted by Gasteiger charge is 2.24. The summed E-state index contributed by atoms with van der Waals surface area (Å²) >= 11 is 1.22. The summed E-state index contributed by atoms with van der Waals surface area (Å²) in [4.78, 5) is 26.9. The van der Waals surface area contributed by atoms with Gasteiger partial charge in [0, 0.05) is 19.6 Å². The molecule has 1 fully saturated rings. The average molecular weight is 297 g/mol. The number of likely N-dealkylation sites (N-methyl/N-ethyl adjacent to an activating group) is 2. The van der Waals surface area contributed by atoms with Gasteiger partial charge in [-0.2, -0.15) is 0 Å². The topological polar surface area (TPSA) is 72.9 Å². The summed E-state index contributed by atoms with van der Waals surface area (Å²) < 4.78 is 0. The lowest BCUT2D eigenvalue weighted by Gasteiger charge is -2.25. The maximum Gasteiger partial charge on any atom is 0.338 e. The Morgan fingerprint density at radius 2 is 2.35 bits per heavy atom. The number of carboxylic acid groups (broad SMARTS) is 1. The fourth-order valence-corrected chi connectivity index (χ4v) is 3.14. The van der Waals surface area contributed by atoms with Gasteiger partial charge in [-0.05, 0) is 37.9 Å². The zero-order chi connectivity index (χ0) is 14.7. The summed E-state index contributed by atoms with van der Waals surface area (Å²) in [6.07, 6.45) is 2.25. The smallest absolute Gasteiger partial charge is 0.338 e. The van der Waals surface area contributed by atoms with Crippen LogP contribution >= 0.6 is 11.3 Å². The van der Waals surface area contributed by atoms with Crippen molar-refractivity contribution in [1.82, 2.24) is 9.80 Å². The zero-order valence-electron chi connectivity index (χ0n) is 11.6. The molecule has 1 saturated heterocycles. The summed E-state index contributed by atoms with van der Waals surface area (Å²) in [5.74, 6) is -1.03. The van der Waals surface area contributed by atoms with Crippen molar-refractivity contribution in [3.05, 3.63) is 17.0 Å². The van der Waals surface area contributed by atoms with Gasteiger partial charge in [0.15, 0.2) is 0 Å². The number of thiophene rings is 1. The molecule has 0 radical (unpaired) electrons. The largest absolute Gasteiger partial charge is 0.478 e. The van der Waals surface area contributed by atoms with Crippen LogP contribution in [0, 0.1) is 0 Å². The van der Waals surface area contributed by atoms with Crippen LogP contribution in [0.2, 0.25) is 0 Å². The molecule has 6 nitrogen and oxygen atoms in total. The normalized spacial score (nSPS) is 19.0. The number of nitrogens with zero attached hydrogens (tertiary/aromatic N) is 2. The number of anilines is 1. The minimum absolute atomic E-state index is 0.134. The number of carbonyl (C=O) groups is 2. The predicted molar refractivity (Wildman–Crippen MR) is 78.6 cm³/mol. The van der Waals surface area contributed by atoms with Crippen LogP contribution in [0.4, 0.5) is 9.80 Å². The Morgan fingerprint density at radius 1 is 1.60 bits per heavy atom. The number of nitrogens with one attached hydrogen (secondary N) is 1. The average Bonchev–Trinajstić information content (AvgIpc) is 2.99. The second-order valence-electron chi connectivity index (χ2n) is 5.06. The number of hydrogen-bond acceptors (Lipinski definition) is 4. The number of hydrogen-bond donors (Lipinski definition) is 2. The van der Waals surface area contributed by atoms with Crippen molar-refractivity contribution in [3.63, 3.8) is 0 Å². The maximum atomic E-state index is 12.1. The molecule has 0 aliphatic carbocycles. The number of carboxylic acids is 1. The molecule has 1 aliphatic heterocycles. The Kier molecular flexibility index (Phi) is 4.61. The van der Waals surface area contributed by atoms with Gasteiger partial charge in [-0.25, -0.2) is 9.59 Å². The monoisotopic (exact) mass is 297 g/mol. The van der Waals surface area contributed by atoms with E-state index in [1.165, 1.54) is 17.4 Å². The minimum Gasteiger partial charge on any atom is -0.478 e.